The molecule has 0 aromatic heterocycles. The molecular formula is C18H15Cl2NO2. The lowest BCUT2D eigenvalue weighted by Crippen LogP contribution is -1.95. The maximum absolute atomic E-state index is 9.44. The fourth-order valence-electron chi connectivity index (χ4n) is 2.10. The van der Waals surface area contributed by atoms with Gasteiger partial charge in [-0.15, -0.1) is 0 Å². The van der Waals surface area contributed by atoms with Crippen molar-refractivity contribution in [2.45, 2.75) is 6.92 Å². The zero-order valence-electron chi connectivity index (χ0n) is 12.8. The van der Waals surface area contributed by atoms with Gasteiger partial charge in [-0.25, -0.2) is 0 Å². The Morgan fingerprint density at radius 2 is 1.96 bits per heavy atom. The van der Waals surface area contributed by atoms with Crippen LogP contribution in [-0.4, -0.2) is 13.7 Å². The zero-order chi connectivity index (χ0) is 16.8. The molecular weight excluding hydrogens is 333 g/mol. The van der Waals surface area contributed by atoms with E-state index >= 15 is 0 Å². The highest BCUT2D eigenvalue weighted by molar-refractivity contribution is 6.36. The normalized spacial score (nSPS) is 11.0. The summed E-state index contributed by atoms with van der Waals surface area (Å²) in [5, 5.41) is 10.4. The summed E-state index contributed by atoms with van der Waals surface area (Å²) in [5.74, 6) is 1.27. The van der Waals surface area contributed by atoms with Gasteiger partial charge in [-0.05, 0) is 42.8 Å². The topological polar surface area (TPSA) is 42.2 Å². The maximum Gasteiger partial charge on any atom is 0.161 e. The first kappa shape index (κ1) is 17.2. The number of benzene rings is 2. The number of ether oxygens (including phenoxy) is 2. The van der Waals surface area contributed by atoms with Gasteiger partial charge >= 0.3 is 0 Å². The summed E-state index contributed by atoms with van der Waals surface area (Å²) in [6.07, 6.45) is 1.75. The van der Waals surface area contributed by atoms with Crippen molar-refractivity contribution in [3.8, 4) is 17.6 Å². The number of methoxy groups -OCH3 is 1. The molecule has 0 aliphatic carbocycles. The average molecular weight is 348 g/mol. The fraction of sp³-hybridized carbons (Fsp3) is 0.167. The van der Waals surface area contributed by atoms with Crippen molar-refractivity contribution in [3.63, 3.8) is 0 Å². The fourth-order valence-corrected chi connectivity index (χ4v) is 2.61. The SMILES string of the molecule is CCOc1cc(/C=C(\C#N)c2ccc(Cl)cc2Cl)ccc1OC. The predicted octanol–water partition coefficient (Wildman–Crippen LogP) is 5.46. The van der Waals surface area contributed by atoms with Crippen LogP contribution in [0.4, 0.5) is 0 Å². The molecule has 118 valence electrons. The van der Waals surface area contributed by atoms with E-state index in [-0.39, 0.29) is 0 Å². The first-order valence-corrected chi connectivity index (χ1v) is 7.72. The molecule has 3 nitrogen and oxygen atoms in total. The van der Waals surface area contributed by atoms with E-state index in [4.69, 9.17) is 32.7 Å². The second kappa shape index (κ2) is 7.92. The van der Waals surface area contributed by atoms with Gasteiger partial charge in [0.15, 0.2) is 11.5 Å². The van der Waals surface area contributed by atoms with Crippen molar-refractivity contribution in [2.24, 2.45) is 0 Å². The minimum absolute atomic E-state index is 0.434. The number of halogens is 2. The molecule has 0 amide bonds. The molecule has 0 aliphatic heterocycles. The average Bonchev–Trinajstić information content (AvgIpc) is 2.54. The highest BCUT2D eigenvalue weighted by Gasteiger charge is 2.09. The number of hydrogen-bond donors (Lipinski definition) is 0. The molecule has 0 atom stereocenters. The summed E-state index contributed by atoms with van der Waals surface area (Å²) in [4.78, 5) is 0. The molecule has 2 rings (SSSR count). The van der Waals surface area contributed by atoms with Crippen molar-refractivity contribution < 1.29 is 9.47 Å². The molecule has 0 aliphatic rings. The zero-order valence-corrected chi connectivity index (χ0v) is 14.3. The van der Waals surface area contributed by atoms with Crippen molar-refractivity contribution in [3.05, 3.63) is 57.6 Å². The Labute approximate surface area is 145 Å². The predicted molar refractivity (Wildman–Crippen MR) is 94.1 cm³/mol. The van der Waals surface area contributed by atoms with Gasteiger partial charge in [0.05, 0.1) is 30.4 Å². The van der Waals surface area contributed by atoms with Crippen LogP contribution in [0.3, 0.4) is 0 Å². The molecule has 0 bridgehead atoms. The second-order valence-corrected chi connectivity index (χ2v) is 5.48. The number of nitriles is 1. The molecule has 0 saturated carbocycles. The van der Waals surface area contributed by atoms with Crippen molar-refractivity contribution >= 4 is 34.9 Å². The molecule has 0 saturated heterocycles. The summed E-state index contributed by atoms with van der Waals surface area (Å²) >= 11 is 12.1. The maximum atomic E-state index is 9.44. The molecule has 0 unspecified atom stereocenters. The number of nitrogens with zero attached hydrogens (tertiary/aromatic N) is 1. The van der Waals surface area contributed by atoms with Crippen LogP contribution in [0.25, 0.3) is 11.6 Å². The second-order valence-electron chi connectivity index (χ2n) is 4.64. The first-order valence-electron chi connectivity index (χ1n) is 6.97. The van der Waals surface area contributed by atoms with Crippen LogP contribution >= 0.6 is 23.2 Å². The molecule has 0 heterocycles. The molecule has 0 fully saturated rings. The lowest BCUT2D eigenvalue weighted by Gasteiger charge is -2.10. The van der Waals surface area contributed by atoms with Crippen LogP contribution in [0, 0.1) is 11.3 Å². The first-order chi connectivity index (χ1) is 11.1. The van der Waals surface area contributed by atoms with Gasteiger partial charge in [0.2, 0.25) is 0 Å². The van der Waals surface area contributed by atoms with Gasteiger partial charge in [0.25, 0.3) is 0 Å². The lowest BCUT2D eigenvalue weighted by molar-refractivity contribution is 0.311. The van der Waals surface area contributed by atoms with Crippen LogP contribution in [0.2, 0.25) is 10.0 Å². The molecule has 23 heavy (non-hydrogen) atoms. The van der Waals surface area contributed by atoms with E-state index in [1.165, 1.54) is 0 Å². The molecule has 0 spiro atoms. The third-order valence-corrected chi connectivity index (χ3v) is 3.69. The van der Waals surface area contributed by atoms with Crippen LogP contribution in [0.1, 0.15) is 18.1 Å². The van der Waals surface area contributed by atoms with E-state index in [0.29, 0.717) is 39.3 Å². The van der Waals surface area contributed by atoms with E-state index in [9.17, 15) is 5.26 Å². The summed E-state index contributed by atoms with van der Waals surface area (Å²) in [7, 11) is 1.58. The Balaban J connectivity index is 2.46. The van der Waals surface area contributed by atoms with E-state index < -0.39 is 0 Å². The van der Waals surface area contributed by atoms with Crippen molar-refractivity contribution in [2.75, 3.05) is 13.7 Å². The van der Waals surface area contributed by atoms with Gasteiger partial charge in [-0.3, -0.25) is 0 Å². The Bertz CT molecular complexity index is 779. The number of hydrogen-bond acceptors (Lipinski definition) is 3. The minimum Gasteiger partial charge on any atom is -0.493 e. The van der Waals surface area contributed by atoms with Gasteiger partial charge in [0, 0.05) is 10.6 Å². The van der Waals surface area contributed by atoms with Crippen LogP contribution in [-0.2, 0) is 0 Å². The van der Waals surface area contributed by atoms with Gasteiger partial charge < -0.3 is 9.47 Å². The molecule has 2 aromatic rings. The van der Waals surface area contributed by atoms with E-state index in [2.05, 4.69) is 6.07 Å². The number of allylic oxidation sites excluding steroid dienone is 1. The lowest BCUT2D eigenvalue weighted by atomic mass is 10.0. The Morgan fingerprint density at radius 1 is 1.17 bits per heavy atom. The third-order valence-electron chi connectivity index (χ3n) is 3.14. The summed E-state index contributed by atoms with van der Waals surface area (Å²) in [6, 6.07) is 12.7. The van der Waals surface area contributed by atoms with Crippen LogP contribution in [0.5, 0.6) is 11.5 Å². The summed E-state index contributed by atoms with van der Waals surface area (Å²) < 4.78 is 10.8. The molecule has 0 N–H and O–H groups in total. The highest BCUT2D eigenvalue weighted by Crippen LogP contribution is 2.31. The standard InChI is InChI=1S/C18H15Cl2NO2/c1-3-23-18-9-12(4-7-17(18)22-2)8-13(11-21)15-6-5-14(19)10-16(15)20/h4-10H,3H2,1-2H3/b13-8+. The highest BCUT2D eigenvalue weighted by atomic mass is 35.5. The van der Waals surface area contributed by atoms with Gasteiger partial charge in [0.1, 0.15) is 0 Å². The quantitative estimate of drug-likeness (QED) is 0.532. The molecule has 2 aromatic carbocycles. The Kier molecular flexibility index (Phi) is 5.92. The summed E-state index contributed by atoms with van der Waals surface area (Å²) in [5.41, 5.74) is 1.89. The smallest absolute Gasteiger partial charge is 0.161 e. The van der Waals surface area contributed by atoms with Crippen molar-refractivity contribution in [1.82, 2.24) is 0 Å². The molecule has 5 heteroatoms. The van der Waals surface area contributed by atoms with E-state index in [0.717, 1.165) is 5.56 Å². The Morgan fingerprint density at radius 3 is 2.57 bits per heavy atom. The third kappa shape index (κ3) is 4.19. The summed E-state index contributed by atoms with van der Waals surface area (Å²) in [6.45, 7) is 2.42. The van der Waals surface area contributed by atoms with E-state index in [1.807, 2.05) is 19.1 Å². The van der Waals surface area contributed by atoms with Crippen molar-refractivity contribution in [1.29, 1.82) is 5.26 Å². The Hall–Kier alpha value is -2.15. The van der Waals surface area contributed by atoms with Gasteiger partial charge in [-0.2, -0.15) is 5.26 Å². The minimum atomic E-state index is 0.434. The largest absolute Gasteiger partial charge is 0.493 e. The van der Waals surface area contributed by atoms with Gasteiger partial charge in [-0.1, -0.05) is 35.3 Å². The van der Waals surface area contributed by atoms with E-state index in [1.54, 1.807) is 37.5 Å². The van der Waals surface area contributed by atoms with Crippen LogP contribution < -0.4 is 9.47 Å². The van der Waals surface area contributed by atoms with Crippen LogP contribution in [0.15, 0.2) is 36.4 Å². The number of rotatable bonds is 5. The monoisotopic (exact) mass is 347 g/mol. The molecule has 0 radical (unpaired) electrons.